The highest BCUT2D eigenvalue weighted by molar-refractivity contribution is 5.20. The molecule has 2 aromatic rings. The van der Waals surface area contributed by atoms with E-state index < -0.39 is 17.7 Å². The molecule has 0 aliphatic carbocycles. The molecular weight excluding hydrogens is 276 g/mol. The Kier molecular flexibility index (Phi) is 5.03. The second kappa shape index (κ2) is 6.78. The van der Waals surface area contributed by atoms with E-state index in [-0.39, 0.29) is 12.6 Å². The monoisotopic (exact) mass is 295 g/mol. The van der Waals surface area contributed by atoms with Gasteiger partial charge in [-0.15, -0.1) is 0 Å². The summed E-state index contributed by atoms with van der Waals surface area (Å²) in [4.78, 5) is 0. The molecule has 1 heterocycles. The van der Waals surface area contributed by atoms with E-state index >= 15 is 0 Å². The van der Waals surface area contributed by atoms with Crippen LogP contribution in [0.1, 0.15) is 24.2 Å². The molecule has 114 valence electrons. The van der Waals surface area contributed by atoms with Gasteiger partial charge in [-0.3, -0.25) is 4.68 Å². The fraction of sp³-hybridized carbons (Fsp3) is 0.400. The number of aliphatic hydroxyl groups excluding tert-OH is 1. The van der Waals surface area contributed by atoms with Crippen LogP contribution in [0.3, 0.4) is 0 Å². The maximum Gasteiger partial charge on any atom is 0.159 e. The lowest BCUT2D eigenvalue weighted by Crippen LogP contribution is -2.34. The predicted octanol–water partition coefficient (Wildman–Crippen LogP) is 2.18. The van der Waals surface area contributed by atoms with Crippen molar-refractivity contribution in [1.29, 1.82) is 0 Å². The Labute approximate surface area is 122 Å². The maximum absolute atomic E-state index is 13.1. The number of aryl methyl sites for hydroxylation is 1. The third kappa shape index (κ3) is 4.34. The molecule has 0 amide bonds. The van der Waals surface area contributed by atoms with Gasteiger partial charge >= 0.3 is 0 Å². The lowest BCUT2D eigenvalue weighted by molar-refractivity contribution is 0.168. The summed E-state index contributed by atoms with van der Waals surface area (Å²) in [5.41, 5.74) is 1.44. The van der Waals surface area contributed by atoms with Crippen molar-refractivity contribution >= 4 is 0 Å². The van der Waals surface area contributed by atoms with Gasteiger partial charge < -0.3 is 10.4 Å². The van der Waals surface area contributed by atoms with Crippen molar-refractivity contribution in [3.63, 3.8) is 0 Å². The van der Waals surface area contributed by atoms with Crippen LogP contribution in [0.2, 0.25) is 0 Å². The van der Waals surface area contributed by atoms with Crippen LogP contribution in [0.4, 0.5) is 8.78 Å². The minimum Gasteiger partial charge on any atom is -0.387 e. The Morgan fingerprint density at radius 3 is 2.71 bits per heavy atom. The number of aliphatic hydroxyl groups is 1. The molecule has 0 spiro atoms. The summed E-state index contributed by atoms with van der Waals surface area (Å²) in [6, 6.07) is 3.50. The number of nitrogens with one attached hydrogen (secondary N) is 1. The standard InChI is InChI=1S/C15H19F2N3O/c1-10-6-19-20(8-10)9-11(2)18-7-15(21)12-3-4-13(16)14(17)5-12/h3-6,8,11,15,18,21H,7,9H2,1-2H3/t11-,15-/m0/s1. The van der Waals surface area contributed by atoms with Crippen LogP contribution in [0, 0.1) is 18.6 Å². The third-order valence-electron chi connectivity index (χ3n) is 3.21. The molecule has 2 N–H and O–H groups in total. The van der Waals surface area contributed by atoms with Gasteiger partial charge in [0.15, 0.2) is 11.6 Å². The molecule has 1 aromatic carbocycles. The van der Waals surface area contributed by atoms with Gasteiger partial charge in [0.1, 0.15) is 0 Å². The number of halogens is 2. The fourth-order valence-electron chi connectivity index (χ4n) is 2.06. The van der Waals surface area contributed by atoms with Crippen LogP contribution in [0.15, 0.2) is 30.6 Å². The van der Waals surface area contributed by atoms with E-state index in [1.54, 1.807) is 6.20 Å². The van der Waals surface area contributed by atoms with Crippen LogP contribution in [0.5, 0.6) is 0 Å². The van der Waals surface area contributed by atoms with Crippen molar-refractivity contribution < 1.29 is 13.9 Å². The van der Waals surface area contributed by atoms with E-state index in [2.05, 4.69) is 10.4 Å². The van der Waals surface area contributed by atoms with Crippen molar-refractivity contribution in [2.45, 2.75) is 32.5 Å². The molecule has 0 bridgehead atoms. The van der Waals surface area contributed by atoms with Gasteiger partial charge in [0, 0.05) is 18.8 Å². The van der Waals surface area contributed by atoms with E-state index in [1.807, 2.05) is 24.7 Å². The van der Waals surface area contributed by atoms with E-state index in [9.17, 15) is 13.9 Å². The predicted molar refractivity (Wildman–Crippen MR) is 75.7 cm³/mol. The van der Waals surface area contributed by atoms with Gasteiger partial charge in [0.2, 0.25) is 0 Å². The summed E-state index contributed by atoms with van der Waals surface area (Å²) in [6.45, 7) is 4.86. The molecule has 0 unspecified atom stereocenters. The van der Waals surface area contributed by atoms with E-state index in [4.69, 9.17) is 0 Å². The molecule has 0 aliphatic rings. The lowest BCUT2D eigenvalue weighted by atomic mass is 10.1. The number of rotatable bonds is 6. The largest absolute Gasteiger partial charge is 0.387 e. The zero-order valence-corrected chi connectivity index (χ0v) is 12.1. The average molecular weight is 295 g/mol. The number of aromatic nitrogens is 2. The van der Waals surface area contributed by atoms with Crippen molar-refractivity contribution in [2.24, 2.45) is 0 Å². The highest BCUT2D eigenvalue weighted by Gasteiger charge is 2.12. The highest BCUT2D eigenvalue weighted by atomic mass is 19.2. The second-order valence-corrected chi connectivity index (χ2v) is 5.24. The van der Waals surface area contributed by atoms with Gasteiger partial charge in [0.25, 0.3) is 0 Å². The number of hydrogen-bond donors (Lipinski definition) is 2. The van der Waals surface area contributed by atoms with Crippen molar-refractivity contribution in [1.82, 2.24) is 15.1 Å². The second-order valence-electron chi connectivity index (χ2n) is 5.24. The van der Waals surface area contributed by atoms with Crippen LogP contribution in [-0.2, 0) is 6.54 Å². The van der Waals surface area contributed by atoms with E-state index in [0.29, 0.717) is 12.1 Å². The topological polar surface area (TPSA) is 50.1 Å². The van der Waals surface area contributed by atoms with Crippen LogP contribution >= 0.6 is 0 Å². The summed E-state index contributed by atoms with van der Waals surface area (Å²) in [7, 11) is 0. The first-order chi connectivity index (χ1) is 9.95. The molecule has 2 atom stereocenters. The van der Waals surface area contributed by atoms with Gasteiger partial charge in [-0.05, 0) is 37.1 Å². The first-order valence-corrected chi connectivity index (χ1v) is 6.81. The minimum atomic E-state index is -0.952. The lowest BCUT2D eigenvalue weighted by Gasteiger charge is -2.17. The first-order valence-electron chi connectivity index (χ1n) is 6.81. The van der Waals surface area contributed by atoms with Crippen molar-refractivity contribution in [2.75, 3.05) is 6.54 Å². The quantitative estimate of drug-likeness (QED) is 0.859. The Bertz CT molecular complexity index is 600. The summed E-state index contributed by atoms with van der Waals surface area (Å²) in [5.74, 6) is -1.87. The fourth-order valence-corrected chi connectivity index (χ4v) is 2.06. The van der Waals surface area contributed by atoms with Crippen LogP contribution in [0.25, 0.3) is 0 Å². The number of benzene rings is 1. The summed E-state index contributed by atoms with van der Waals surface area (Å²) < 4.78 is 27.8. The SMILES string of the molecule is Cc1cnn(C[C@H](C)NC[C@H](O)c2ccc(F)c(F)c2)c1. The van der Waals surface area contributed by atoms with Gasteiger partial charge in [-0.25, -0.2) is 8.78 Å². The van der Waals surface area contributed by atoms with Gasteiger partial charge in [-0.2, -0.15) is 5.10 Å². The molecule has 6 heteroatoms. The Morgan fingerprint density at radius 2 is 2.10 bits per heavy atom. The third-order valence-corrected chi connectivity index (χ3v) is 3.21. The smallest absolute Gasteiger partial charge is 0.159 e. The first kappa shape index (κ1) is 15.6. The van der Waals surface area contributed by atoms with Crippen molar-refractivity contribution in [3.8, 4) is 0 Å². The molecule has 0 aliphatic heterocycles. The normalized spacial score (nSPS) is 14.1. The molecule has 1 aromatic heterocycles. The van der Waals surface area contributed by atoms with Crippen LogP contribution in [-0.4, -0.2) is 27.5 Å². The molecule has 0 saturated heterocycles. The Morgan fingerprint density at radius 1 is 1.33 bits per heavy atom. The molecular formula is C15H19F2N3O. The number of nitrogens with zero attached hydrogens (tertiary/aromatic N) is 2. The molecule has 0 saturated carbocycles. The molecule has 21 heavy (non-hydrogen) atoms. The molecule has 0 radical (unpaired) electrons. The average Bonchev–Trinajstić information content (AvgIpc) is 2.84. The van der Waals surface area contributed by atoms with Gasteiger partial charge in [-0.1, -0.05) is 6.07 Å². The van der Waals surface area contributed by atoms with E-state index in [1.165, 1.54) is 6.07 Å². The minimum absolute atomic E-state index is 0.0873. The van der Waals surface area contributed by atoms with Gasteiger partial charge in [0.05, 0.1) is 18.8 Å². The summed E-state index contributed by atoms with van der Waals surface area (Å²) in [6.07, 6.45) is 2.83. The van der Waals surface area contributed by atoms with Crippen molar-refractivity contribution in [3.05, 3.63) is 53.4 Å². The zero-order chi connectivity index (χ0) is 15.4. The van der Waals surface area contributed by atoms with E-state index in [0.717, 1.165) is 17.7 Å². The summed E-state index contributed by atoms with van der Waals surface area (Å²) in [5, 5.41) is 17.3. The molecule has 4 nitrogen and oxygen atoms in total. The Hall–Kier alpha value is -1.79. The summed E-state index contributed by atoms with van der Waals surface area (Å²) >= 11 is 0. The van der Waals surface area contributed by atoms with Crippen LogP contribution < -0.4 is 5.32 Å². The Balaban J connectivity index is 1.85. The number of hydrogen-bond acceptors (Lipinski definition) is 3. The maximum atomic E-state index is 13.1. The molecule has 2 rings (SSSR count). The zero-order valence-electron chi connectivity index (χ0n) is 12.1. The molecule has 0 fully saturated rings. The highest BCUT2D eigenvalue weighted by Crippen LogP contribution is 2.15.